The van der Waals surface area contributed by atoms with Gasteiger partial charge in [0.1, 0.15) is 6.04 Å². The monoisotopic (exact) mass is 317 g/mol. The minimum absolute atomic E-state index is 0.0238. The molecule has 2 unspecified atom stereocenters. The van der Waals surface area contributed by atoms with Gasteiger partial charge in [-0.2, -0.15) is 5.10 Å². The highest BCUT2D eigenvalue weighted by molar-refractivity contribution is 6.30. The second kappa shape index (κ2) is 5.36. The van der Waals surface area contributed by atoms with Gasteiger partial charge in [0.25, 0.3) is 0 Å². The summed E-state index contributed by atoms with van der Waals surface area (Å²) in [6.45, 7) is 4.12. The zero-order chi connectivity index (χ0) is 15.3. The van der Waals surface area contributed by atoms with Crippen molar-refractivity contribution in [2.24, 2.45) is 11.0 Å². The quantitative estimate of drug-likeness (QED) is 0.840. The molecule has 22 heavy (non-hydrogen) atoms. The van der Waals surface area contributed by atoms with Gasteiger partial charge in [-0.05, 0) is 43.6 Å². The van der Waals surface area contributed by atoms with E-state index in [2.05, 4.69) is 11.0 Å². The Labute approximate surface area is 135 Å². The standard InChI is InChI=1S/C17H20ClN3O/c1-2-14(22)21-16(12-4-3-5-13(18)10-12)17-15(19-21)11-6-8-20(17)9-7-11/h3-5,10-11,16-17H,2,6-9H2,1H3. The number of piperidine rings is 3. The molecule has 1 aromatic carbocycles. The summed E-state index contributed by atoms with van der Waals surface area (Å²) in [5.41, 5.74) is 2.30. The average Bonchev–Trinajstić information content (AvgIpc) is 2.97. The van der Waals surface area contributed by atoms with Crippen LogP contribution in [0.2, 0.25) is 5.02 Å². The van der Waals surface area contributed by atoms with Gasteiger partial charge in [-0.1, -0.05) is 30.7 Å². The van der Waals surface area contributed by atoms with Gasteiger partial charge in [-0.25, -0.2) is 5.01 Å². The number of amides is 1. The Bertz CT molecular complexity index is 637. The summed E-state index contributed by atoms with van der Waals surface area (Å²) in [6.07, 6.45) is 2.82. The molecule has 5 heteroatoms. The van der Waals surface area contributed by atoms with Crippen molar-refractivity contribution in [3.05, 3.63) is 34.9 Å². The maximum absolute atomic E-state index is 12.4. The van der Waals surface area contributed by atoms with Gasteiger partial charge in [-0.15, -0.1) is 0 Å². The van der Waals surface area contributed by atoms with Crippen LogP contribution in [0.4, 0.5) is 0 Å². The van der Waals surface area contributed by atoms with Crippen LogP contribution < -0.4 is 0 Å². The fraction of sp³-hybridized carbons (Fsp3) is 0.529. The zero-order valence-electron chi connectivity index (χ0n) is 12.7. The Morgan fingerprint density at radius 3 is 2.77 bits per heavy atom. The van der Waals surface area contributed by atoms with E-state index < -0.39 is 0 Å². The van der Waals surface area contributed by atoms with Crippen LogP contribution in [0.3, 0.4) is 0 Å². The van der Waals surface area contributed by atoms with Crippen LogP contribution in [-0.2, 0) is 4.79 Å². The topological polar surface area (TPSA) is 35.9 Å². The summed E-state index contributed by atoms with van der Waals surface area (Å²) in [4.78, 5) is 14.9. The van der Waals surface area contributed by atoms with E-state index >= 15 is 0 Å². The van der Waals surface area contributed by atoms with Crippen molar-refractivity contribution < 1.29 is 4.79 Å². The molecule has 0 aromatic heterocycles. The van der Waals surface area contributed by atoms with Gasteiger partial charge in [-0.3, -0.25) is 9.69 Å². The molecule has 4 aliphatic rings. The highest BCUT2D eigenvalue weighted by Gasteiger charge is 2.50. The Hall–Kier alpha value is -1.39. The number of hydrogen-bond acceptors (Lipinski definition) is 3. The molecule has 1 amide bonds. The number of hydrogen-bond donors (Lipinski definition) is 0. The van der Waals surface area contributed by atoms with Crippen LogP contribution in [0.5, 0.6) is 0 Å². The van der Waals surface area contributed by atoms with Crippen LogP contribution in [-0.4, -0.2) is 40.7 Å². The Balaban J connectivity index is 1.78. The summed E-state index contributed by atoms with van der Waals surface area (Å²) in [5, 5.41) is 7.20. The van der Waals surface area contributed by atoms with Crippen molar-refractivity contribution >= 4 is 23.2 Å². The second-order valence-corrected chi connectivity index (χ2v) is 6.81. The number of carbonyl (C=O) groups is 1. The van der Waals surface area contributed by atoms with Gasteiger partial charge in [0.05, 0.1) is 11.8 Å². The van der Waals surface area contributed by atoms with Crippen molar-refractivity contribution in [3.63, 3.8) is 0 Å². The summed E-state index contributed by atoms with van der Waals surface area (Å²) >= 11 is 6.18. The molecule has 1 aromatic rings. The van der Waals surface area contributed by atoms with Gasteiger partial charge in [0.15, 0.2) is 0 Å². The highest BCUT2D eigenvalue weighted by atomic mass is 35.5. The molecule has 116 valence electrons. The first-order chi connectivity index (χ1) is 10.7. The molecule has 0 aliphatic carbocycles. The average molecular weight is 318 g/mol. The van der Waals surface area contributed by atoms with Crippen molar-refractivity contribution in [2.75, 3.05) is 13.1 Å². The first-order valence-electron chi connectivity index (χ1n) is 8.09. The van der Waals surface area contributed by atoms with E-state index in [0.29, 0.717) is 17.4 Å². The Kier molecular flexibility index (Phi) is 3.46. The van der Waals surface area contributed by atoms with Crippen molar-refractivity contribution in [2.45, 2.75) is 38.3 Å². The molecule has 0 N–H and O–H groups in total. The fourth-order valence-corrected chi connectivity index (χ4v) is 4.31. The lowest BCUT2D eigenvalue weighted by Gasteiger charge is -2.46. The number of fused-ring (bicyclic) bond motifs is 2. The summed E-state index contributed by atoms with van der Waals surface area (Å²) in [5.74, 6) is 0.638. The third kappa shape index (κ3) is 2.09. The lowest BCUT2D eigenvalue weighted by Crippen LogP contribution is -2.56. The van der Waals surface area contributed by atoms with E-state index in [1.54, 1.807) is 5.01 Å². The normalized spacial score (nSPS) is 32.8. The van der Waals surface area contributed by atoms with Crippen molar-refractivity contribution in [1.29, 1.82) is 0 Å². The number of benzene rings is 1. The van der Waals surface area contributed by atoms with E-state index in [4.69, 9.17) is 16.7 Å². The van der Waals surface area contributed by atoms with E-state index in [1.807, 2.05) is 25.1 Å². The number of rotatable bonds is 2. The molecule has 2 atom stereocenters. The third-order valence-corrected chi connectivity index (χ3v) is 5.41. The van der Waals surface area contributed by atoms with Crippen LogP contribution in [0, 0.1) is 5.92 Å². The zero-order valence-corrected chi connectivity index (χ0v) is 13.5. The number of hydrazone groups is 1. The first-order valence-corrected chi connectivity index (χ1v) is 8.47. The van der Waals surface area contributed by atoms with Crippen molar-refractivity contribution in [3.8, 4) is 0 Å². The molecule has 5 rings (SSSR count). The SMILES string of the molecule is CCC(=O)N1N=C2C3CCN(CC3)C2C1c1cccc(Cl)c1. The summed E-state index contributed by atoms with van der Waals surface area (Å²) < 4.78 is 0. The third-order valence-electron chi connectivity index (χ3n) is 5.18. The highest BCUT2D eigenvalue weighted by Crippen LogP contribution is 2.43. The summed E-state index contributed by atoms with van der Waals surface area (Å²) in [6, 6.07) is 8.09. The van der Waals surface area contributed by atoms with E-state index in [0.717, 1.165) is 18.7 Å². The maximum atomic E-state index is 12.4. The second-order valence-electron chi connectivity index (χ2n) is 6.37. The van der Waals surface area contributed by atoms with Crippen LogP contribution in [0.1, 0.15) is 37.8 Å². The van der Waals surface area contributed by atoms with Crippen molar-refractivity contribution in [1.82, 2.24) is 9.91 Å². The molecule has 0 spiro atoms. The maximum Gasteiger partial charge on any atom is 0.243 e. The van der Waals surface area contributed by atoms with E-state index in [-0.39, 0.29) is 18.0 Å². The predicted octanol–water partition coefficient (Wildman–Crippen LogP) is 3.08. The molecule has 3 saturated heterocycles. The molecular weight excluding hydrogens is 298 g/mol. The predicted molar refractivity (Wildman–Crippen MR) is 86.9 cm³/mol. The van der Waals surface area contributed by atoms with Gasteiger partial charge in [0.2, 0.25) is 5.91 Å². The van der Waals surface area contributed by atoms with Gasteiger partial charge in [0, 0.05) is 17.4 Å². The number of nitrogens with zero attached hydrogens (tertiary/aromatic N) is 3. The number of carbonyl (C=O) groups excluding carboxylic acids is 1. The molecule has 0 radical (unpaired) electrons. The minimum atomic E-state index is -0.0238. The van der Waals surface area contributed by atoms with Crippen LogP contribution in [0.25, 0.3) is 0 Å². The van der Waals surface area contributed by atoms with Gasteiger partial charge < -0.3 is 0 Å². The lowest BCUT2D eigenvalue weighted by atomic mass is 9.78. The van der Waals surface area contributed by atoms with Gasteiger partial charge >= 0.3 is 0 Å². The minimum Gasteiger partial charge on any atom is -0.293 e. The summed E-state index contributed by atoms with van der Waals surface area (Å²) in [7, 11) is 0. The molecular formula is C17H20ClN3O. The fourth-order valence-electron chi connectivity index (χ4n) is 4.11. The lowest BCUT2D eigenvalue weighted by molar-refractivity contribution is -0.133. The molecule has 4 aliphatic heterocycles. The molecule has 3 fully saturated rings. The first kappa shape index (κ1) is 14.2. The smallest absolute Gasteiger partial charge is 0.243 e. The molecule has 2 bridgehead atoms. The molecule has 4 nitrogen and oxygen atoms in total. The number of halogens is 1. The van der Waals surface area contributed by atoms with Crippen LogP contribution >= 0.6 is 11.6 Å². The van der Waals surface area contributed by atoms with E-state index in [1.165, 1.54) is 18.6 Å². The van der Waals surface area contributed by atoms with Crippen LogP contribution in [0.15, 0.2) is 29.4 Å². The Morgan fingerprint density at radius 1 is 1.32 bits per heavy atom. The molecule has 4 heterocycles. The molecule has 0 saturated carbocycles. The Morgan fingerprint density at radius 2 is 2.09 bits per heavy atom. The largest absolute Gasteiger partial charge is 0.293 e. The van der Waals surface area contributed by atoms with E-state index in [9.17, 15) is 4.79 Å².